The van der Waals surface area contributed by atoms with Crippen LogP contribution >= 0.6 is 11.3 Å². The van der Waals surface area contributed by atoms with Crippen molar-refractivity contribution in [3.8, 4) is 27.2 Å². The number of fused-ring (bicyclic) bond motifs is 1. The maximum absolute atomic E-state index is 9.58. The largest absolute Gasteiger partial charge is 0.312 e. The molecule has 2 heterocycles. The van der Waals surface area contributed by atoms with E-state index in [1.54, 1.807) is 11.3 Å². The molecule has 0 saturated heterocycles. The Morgan fingerprint density at radius 2 is 2.00 bits per heavy atom. The van der Waals surface area contributed by atoms with E-state index in [1.807, 2.05) is 6.07 Å². The molecule has 148 valence electrons. The van der Waals surface area contributed by atoms with Gasteiger partial charge in [0.1, 0.15) is 10.0 Å². The number of nitrogens with one attached hydrogen (secondary N) is 1. The lowest BCUT2D eigenvalue weighted by Gasteiger charge is -2.21. The molecule has 1 N–H and O–H groups in total. The van der Waals surface area contributed by atoms with Gasteiger partial charge in [0, 0.05) is 17.7 Å². The third kappa shape index (κ3) is 3.96. The first-order chi connectivity index (χ1) is 14.1. The van der Waals surface area contributed by atoms with Gasteiger partial charge in [-0.05, 0) is 60.0 Å². The SMILES string of the molecule is CCc1c(-c2nnc(-c3ccc(CC(C)C)c(C#N)c3)s2)ccc2c1CCNC2. The second-order valence-corrected chi connectivity index (χ2v) is 8.98. The second-order valence-electron chi connectivity index (χ2n) is 8.00. The molecule has 0 fully saturated rings. The van der Waals surface area contributed by atoms with E-state index in [0.29, 0.717) is 5.92 Å². The van der Waals surface area contributed by atoms with Crippen molar-refractivity contribution in [3.63, 3.8) is 0 Å². The summed E-state index contributed by atoms with van der Waals surface area (Å²) >= 11 is 1.61. The predicted molar refractivity (Wildman–Crippen MR) is 119 cm³/mol. The van der Waals surface area contributed by atoms with E-state index in [0.717, 1.165) is 59.1 Å². The smallest absolute Gasteiger partial charge is 0.148 e. The molecule has 3 aromatic rings. The highest BCUT2D eigenvalue weighted by molar-refractivity contribution is 7.17. The standard InChI is InChI=1S/C24H26N4S/c1-4-20-21-9-10-26-14-18(21)7-8-22(20)24-28-27-23(29-24)17-6-5-16(11-15(2)3)19(12-17)13-25/h5-8,12,15,26H,4,9-11,14H2,1-3H3. The van der Waals surface area contributed by atoms with Crippen LogP contribution in [0.1, 0.15) is 48.6 Å². The molecule has 0 bridgehead atoms. The third-order valence-corrected chi connectivity index (χ3v) is 6.52. The van der Waals surface area contributed by atoms with Gasteiger partial charge in [0.05, 0.1) is 11.6 Å². The molecular formula is C24H26N4S. The molecule has 0 spiro atoms. The van der Waals surface area contributed by atoms with Crippen LogP contribution in [-0.2, 0) is 25.8 Å². The van der Waals surface area contributed by atoms with Gasteiger partial charge in [-0.1, -0.05) is 56.4 Å². The molecule has 5 heteroatoms. The molecule has 1 aromatic heterocycles. The minimum Gasteiger partial charge on any atom is -0.312 e. The second kappa shape index (κ2) is 8.44. The molecule has 0 radical (unpaired) electrons. The van der Waals surface area contributed by atoms with Crippen LogP contribution in [0.25, 0.3) is 21.1 Å². The summed E-state index contributed by atoms with van der Waals surface area (Å²) in [6.45, 7) is 8.54. The van der Waals surface area contributed by atoms with E-state index >= 15 is 0 Å². The molecule has 0 unspecified atom stereocenters. The monoisotopic (exact) mass is 402 g/mol. The molecule has 0 amide bonds. The number of hydrogen-bond acceptors (Lipinski definition) is 5. The molecule has 0 aliphatic carbocycles. The Bertz CT molecular complexity index is 1070. The average Bonchev–Trinajstić information content (AvgIpc) is 3.22. The molecule has 4 nitrogen and oxygen atoms in total. The van der Waals surface area contributed by atoms with Crippen LogP contribution in [0.2, 0.25) is 0 Å². The van der Waals surface area contributed by atoms with Crippen LogP contribution in [-0.4, -0.2) is 16.7 Å². The number of benzene rings is 2. The Morgan fingerprint density at radius 1 is 1.17 bits per heavy atom. The first kappa shape index (κ1) is 19.8. The third-order valence-electron chi connectivity index (χ3n) is 5.51. The Hall–Kier alpha value is -2.55. The Labute approximate surface area is 176 Å². The normalized spacial score (nSPS) is 13.3. The fourth-order valence-electron chi connectivity index (χ4n) is 4.14. The zero-order chi connectivity index (χ0) is 20.4. The number of nitriles is 1. The summed E-state index contributed by atoms with van der Waals surface area (Å²) in [4.78, 5) is 0. The highest BCUT2D eigenvalue weighted by atomic mass is 32.1. The predicted octanol–water partition coefficient (Wildman–Crippen LogP) is 5.15. The average molecular weight is 403 g/mol. The van der Waals surface area contributed by atoms with Gasteiger partial charge >= 0.3 is 0 Å². The van der Waals surface area contributed by atoms with Gasteiger partial charge in [-0.2, -0.15) is 5.26 Å². The van der Waals surface area contributed by atoms with Crippen molar-refractivity contribution >= 4 is 11.3 Å². The highest BCUT2D eigenvalue weighted by Gasteiger charge is 2.19. The van der Waals surface area contributed by atoms with Crippen LogP contribution in [0.3, 0.4) is 0 Å². The number of rotatable bonds is 5. The molecule has 4 rings (SSSR count). The lowest BCUT2D eigenvalue weighted by Crippen LogP contribution is -2.24. The summed E-state index contributed by atoms with van der Waals surface area (Å²) in [5, 5.41) is 23.8. The van der Waals surface area contributed by atoms with Crippen molar-refractivity contribution in [2.75, 3.05) is 6.54 Å². The lowest BCUT2D eigenvalue weighted by atomic mass is 9.90. The van der Waals surface area contributed by atoms with Gasteiger partial charge in [-0.15, -0.1) is 10.2 Å². The summed E-state index contributed by atoms with van der Waals surface area (Å²) in [5.74, 6) is 0.521. The highest BCUT2D eigenvalue weighted by Crippen LogP contribution is 2.35. The van der Waals surface area contributed by atoms with Crippen LogP contribution in [0.15, 0.2) is 30.3 Å². The van der Waals surface area contributed by atoms with Crippen molar-refractivity contribution in [2.45, 2.75) is 46.6 Å². The molecule has 29 heavy (non-hydrogen) atoms. The van der Waals surface area contributed by atoms with Crippen LogP contribution < -0.4 is 5.32 Å². The summed E-state index contributed by atoms with van der Waals surface area (Å²) in [6, 6.07) is 12.9. The van der Waals surface area contributed by atoms with Crippen LogP contribution in [0.4, 0.5) is 0 Å². The van der Waals surface area contributed by atoms with Gasteiger partial charge < -0.3 is 5.32 Å². The van der Waals surface area contributed by atoms with Gasteiger partial charge in [0.25, 0.3) is 0 Å². The summed E-state index contributed by atoms with van der Waals surface area (Å²) in [6.07, 6.45) is 2.98. The van der Waals surface area contributed by atoms with E-state index in [1.165, 1.54) is 22.3 Å². The van der Waals surface area contributed by atoms with E-state index in [2.05, 4.69) is 66.6 Å². The maximum Gasteiger partial charge on any atom is 0.148 e. The first-order valence-corrected chi connectivity index (χ1v) is 11.1. The zero-order valence-corrected chi connectivity index (χ0v) is 18.1. The van der Waals surface area contributed by atoms with Crippen molar-refractivity contribution in [3.05, 3.63) is 58.1 Å². The van der Waals surface area contributed by atoms with Gasteiger partial charge in [-0.25, -0.2) is 0 Å². The van der Waals surface area contributed by atoms with Gasteiger partial charge in [0.15, 0.2) is 0 Å². The molecule has 2 aromatic carbocycles. The van der Waals surface area contributed by atoms with E-state index in [4.69, 9.17) is 0 Å². The summed E-state index contributed by atoms with van der Waals surface area (Å²) < 4.78 is 0. The topological polar surface area (TPSA) is 61.6 Å². The molecule has 1 aliphatic heterocycles. The van der Waals surface area contributed by atoms with E-state index < -0.39 is 0 Å². The maximum atomic E-state index is 9.58. The molecule has 0 atom stereocenters. The number of aromatic nitrogens is 2. The number of hydrogen-bond donors (Lipinski definition) is 1. The van der Waals surface area contributed by atoms with Gasteiger partial charge in [-0.3, -0.25) is 0 Å². The minimum atomic E-state index is 0.521. The van der Waals surface area contributed by atoms with E-state index in [9.17, 15) is 5.26 Å². The van der Waals surface area contributed by atoms with E-state index in [-0.39, 0.29) is 0 Å². The Balaban J connectivity index is 1.70. The molecule has 1 aliphatic rings. The number of nitrogens with zero attached hydrogens (tertiary/aromatic N) is 3. The van der Waals surface area contributed by atoms with Gasteiger partial charge in [0.2, 0.25) is 0 Å². The fourth-order valence-corrected chi connectivity index (χ4v) is 5.03. The Kier molecular flexibility index (Phi) is 5.75. The zero-order valence-electron chi connectivity index (χ0n) is 17.2. The quantitative estimate of drug-likeness (QED) is 0.641. The van der Waals surface area contributed by atoms with Crippen molar-refractivity contribution in [1.82, 2.24) is 15.5 Å². The molecule has 0 saturated carbocycles. The minimum absolute atomic E-state index is 0.521. The first-order valence-electron chi connectivity index (χ1n) is 10.3. The van der Waals surface area contributed by atoms with Crippen molar-refractivity contribution in [2.24, 2.45) is 5.92 Å². The van der Waals surface area contributed by atoms with Crippen molar-refractivity contribution in [1.29, 1.82) is 5.26 Å². The molecular weight excluding hydrogens is 376 g/mol. The van der Waals surface area contributed by atoms with Crippen LogP contribution in [0.5, 0.6) is 0 Å². The summed E-state index contributed by atoms with van der Waals surface area (Å²) in [5.41, 5.74) is 8.30. The Morgan fingerprint density at radius 3 is 2.76 bits per heavy atom. The lowest BCUT2D eigenvalue weighted by molar-refractivity contribution is 0.639. The van der Waals surface area contributed by atoms with Crippen molar-refractivity contribution < 1.29 is 0 Å². The van der Waals surface area contributed by atoms with Crippen LogP contribution in [0, 0.1) is 17.2 Å². The fraction of sp³-hybridized carbons (Fsp3) is 0.375. The summed E-state index contributed by atoms with van der Waals surface area (Å²) in [7, 11) is 0.